The zero-order valence-corrected chi connectivity index (χ0v) is 17.6. The Bertz CT molecular complexity index is 930. The minimum atomic E-state index is -0.520. The van der Waals surface area contributed by atoms with Crippen molar-refractivity contribution in [2.45, 2.75) is 52.2 Å². The van der Waals surface area contributed by atoms with Gasteiger partial charge >= 0.3 is 6.09 Å². The van der Waals surface area contributed by atoms with Crippen LogP contribution in [0.15, 0.2) is 24.3 Å². The van der Waals surface area contributed by atoms with Gasteiger partial charge in [0.2, 0.25) is 0 Å². The van der Waals surface area contributed by atoms with E-state index >= 15 is 0 Å². The molecule has 1 aromatic heterocycles. The molecule has 3 rings (SSSR count). The summed E-state index contributed by atoms with van der Waals surface area (Å²) in [5.41, 5.74) is 1.62. The number of piperidine rings is 1. The van der Waals surface area contributed by atoms with Crippen molar-refractivity contribution in [2.75, 3.05) is 25.0 Å². The number of non-ortho nitro benzene ring substituents is 1. The Kier molecular flexibility index (Phi) is 5.64. The van der Waals surface area contributed by atoms with Crippen molar-refractivity contribution in [3.05, 3.63) is 40.1 Å². The largest absolute Gasteiger partial charge is 0.444 e. The highest BCUT2D eigenvalue weighted by molar-refractivity contribution is 5.97. The van der Waals surface area contributed by atoms with Crippen LogP contribution in [0.5, 0.6) is 0 Å². The third kappa shape index (κ3) is 4.58. The van der Waals surface area contributed by atoms with Crippen LogP contribution in [-0.2, 0) is 4.74 Å². The lowest BCUT2D eigenvalue weighted by Gasteiger charge is -2.38. The molecule has 29 heavy (non-hydrogen) atoms. The quantitative estimate of drug-likeness (QED) is 0.564. The van der Waals surface area contributed by atoms with Crippen molar-refractivity contribution in [1.82, 2.24) is 9.88 Å². The Morgan fingerprint density at radius 1 is 1.31 bits per heavy atom. The molecular weight excluding hydrogens is 372 g/mol. The number of pyridine rings is 1. The van der Waals surface area contributed by atoms with Gasteiger partial charge < -0.3 is 14.5 Å². The molecule has 1 amide bonds. The summed E-state index contributed by atoms with van der Waals surface area (Å²) in [6.45, 7) is 8.92. The van der Waals surface area contributed by atoms with Gasteiger partial charge in [0.1, 0.15) is 5.60 Å². The molecule has 2 aromatic rings. The second-order valence-corrected chi connectivity index (χ2v) is 8.52. The molecule has 8 heteroatoms. The van der Waals surface area contributed by atoms with E-state index < -0.39 is 5.60 Å². The van der Waals surface area contributed by atoms with Crippen LogP contribution in [0.2, 0.25) is 0 Å². The second-order valence-electron chi connectivity index (χ2n) is 8.52. The van der Waals surface area contributed by atoms with Crippen LogP contribution >= 0.6 is 0 Å². The zero-order chi connectivity index (χ0) is 21.3. The highest BCUT2D eigenvalue weighted by Crippen LogP contribution is 2.34. The predicted octanol–water partition coefficient (Wildman–Crippen LogP) is 4.29. The van der Waals surface area contributed by atoms with E-state index in [-0.39, 0.29) is 22.7 Å². The van der Waals surface area contributed by atoms with Gasteiger partial charge in [0.05, 0.1) is 4.92 Å². The number of carbonyl (C=O) groups excluding carboxylic acids is 1. The minimum absolute atomic E-state index is 0.0204. The number of anilines is 1. The molecular formula is C21H28N4O4. The lowest BCUT2D eigenvalue weighted by atomic mass is 10.0. The van der Waals surface area contributed by atoms with Crippen molar-refractivity contribution < 1.29 is 14.5 Å². The molecule has 0 bridgehead atoms. The van der Waals surface area contributed by atoms with Crippen LogP contribution < -0.4 is 4.90 Å². The van der Waals surface area contributed by atoms with Gasteiger partial charge in [-0.15, -0.1) is 0 Å². The number of hydrogen-bond acceptors (Lipinski definition) is 6. The van der Waals surface area contributed by atoms with Crippen molar-refractivity contribution >= 4 is 28.4 Å². The number of benzene rings is 1. The summed E-state index contributed by atoms with van der Waals surface area (Å²) in [6, 6.07) is 7.14. The number of aromatic nitrogens is 1. The molecule has 156 valence electrons. The molecule has 0 unspecified atom stereocenters. The number of ether oxygens (including phenoxy) is 1. The van der Waals surface area contributed by atoms with E-state index in [0.717, 1.165) is 42.7 Å². The zero-order valence-electron chi connectivity index (χ0n) is 17.6. The molecule has 0 saturated carbocycles. The number of nitro benzene ring substituents is 1. The molecule has 0 aliphatic carbocycles. The third-order valence-corrected chi connectivity index (χ3v) is 5.16. The predicted molar refractivity (Wildman–Crippen MR) is 112 cm³/mol. The summed E-state index contributed by atoms with van der Waals surface area (Å²) in [7, 11) is 1.78. The first-order valence-corrected chi connectivity index (χ1v) is 9.82. The van der Waals surface area contributed by atoms with E-state index in [1.807, 2.05) is 39.8 Å². The maximum Gasteiger partial charge on any atom is 0.410 e. The maximum absolute atomic E-state index is 12.3. The number of amides is 1. The third-order valence-electron chi connectivity index (χ3n) is 5.16. The monoisotopic (exact) mass is 400 g/mol. The summed E-state index contributed by atoms with van der Waals surface area (Å²) in [6.07, 6.45) is 1.29. The summed E-state index contributed by atoms with van der Waals surface area (Å²) in [4.78, 5) is 31.7. The van der Waals surface area contributed by atoms with Crippen LogP contribution in [0.4, 0.5) is 16.2 Å². The summed E-state index contributed by atoms with van der Waals surface area (Å²) in [5.74, 6) is 0. The average molecular weight is 400 g/mol. The lowest BCUT2D eigenvalue weighted by Crippen LogP contribution is -2.47. The van der Waals surface area contributed by atoms with Crippen molar-refractivity contribution in [3.8, 4) is 0 Å². The van der Waals surface area contributed by atoms with Gasteiger partial charge in [-0.25, -0.2) is 9.78 Å². The molecule has 2 heterocycles. The number of carbonyl (C=O) groups is 1. The Labute approximate surface area is 170 Å². The number of para-hydroxylation sites is 1. The Hall–Kier alpha value is -2.90. The first kappa shape index (κ1) is 20.8. The highest BCUT2D eigenvalue weighted by Gasteiger charge is 2.29. The summed E-state index contributed by atoms with van der Waals surface area (Å²) in [5, 5.41) is 12.2. The van der Waals surface area contributed by atoms with Crippen LogP contribution in [0.3, 0.4) is 0 Å². The Morgan fingerprint density at radius 2 is 1.97 bits per heavy atom. The molecule has 0 N–H and O–H groups in total. The van der Waals surface area contributed by atoms with E-state index in [1.54, 1.807) is 18.0 Å². The average Bonchev–Trinajstić information content (AvgIpc) is 2.65. The van der Waals surface area contributed by atoms with Gasteiger partial charge in [-0.2, -0.15) is 0 Å². The first-order chi connectivity index (χ1) is 13.6. The van der Waals surface area contributed by atoms with Crippen LogP contribution in [0, 0.1) is 17.0 Å². The minimum Gasteiger partial charge on any atom is -0.444 e. The Morgan fingerprint density at radius 3 is 2.55 bits per heavy atom. The van der Waals surface area contributed by atoms with Gasteiger partial charge in [0, 0.05) is 49.0 Å². The van der Waals surface area contributed by atoms with Gasteiger partial charge in [-0.1, -0.05) is 12.1 Å². The molecule has 8 nitrogen and oxygen atoms in total. The van der Waals surface area contributed by atoms with Gasteiger partial charge in [0.15, 0.2) is 5.52 Å². The number of nitrogens with zero attached hydrogens (tertiary/aromatic N) is 4. The molecule has 1 aliphatic heterocycles. The smallest absolute Gasteiger partial charge is 0.410 e. The number of nitro groups is 1. The van der Waals surface area contributed by atoms with Crippen LogP contribution in [-0.4, -0.2) is 52.7 Å². The fourth-order valence-electron chi connectivity index (χ4n) is 3.73. The first-order valence-electron chi connectivity index (χ1n) is 9.82. The van der Waals surface area contributed by atoms with E-state index in [1.165, 1.54) is 6.07 Å². The summed E-state index contributed by atoms with van der Waals surface area (Å²) >= 11 is 0. The molecule has 1 aliphatic rings. The topological polar surface area (TPSA) is 88.8 Å². The molecule has 1 aromatic carbocycles. The van der Waals surface area contributed by atoms with E-state index in [2.05, 4.69) is 9.88 Å². The maximum atomic E-state index is 12.3. The molecule has 0 radical (unpaired) electrons. The van der Waals surface area contributed by atoms with Gasteiger partial charge in [-0.3, -0.25) is 10.1 Å². The standard InChI is InChI=1S/C21H28N4O4/c1-14-13-18(16-7-6-8-17(25(27)28)19(16)22-14)24-11-9-15(10-12-24)23(5)20(26)29-21(2,3)4/h6-8,13,15H,9-12H2,1-5H3. The SMILES string of the molecule is Cc1cc(N2CCC(N(C)C(=O)OC(C)(C)C)CC2)c2cccc([N+](=O)[O-])c2n1. The summed E-state index contributed by atoms with van der Waals surface area (Å²) < 4.78 is 5.47. The van der Waals surface area contributed by atoms with E-state index in [4.69, 9.17) is 4.74 Å². The van der Waals surface area contributed by atoms with Crippen molar-refractivity contribution in [2.24, 2.45) is 0 Å². The number of hydrogen-bond donors (Lipinski definition) is 0. The fraction of sp³-hybridized carbons (Fsp3) is 0.524. The van der Waals surface area contributed by atoms with Gasteiger partial charge in [-0.05, 0) is 46.6 Å². The van der Waals surface area contributed by atoms with Gasteiger partial charge in [0.25, 0.3) is 5.69 Å². The molecule has 1 saturated heterocycles. The van der Waals surface area contributed by atoms with Crippen molar-refractivity contribution in [3.63, 3.8) is 0 Å². The van der Waals surface area contributed by atoms with Crippen molar-refractivity contribution in [1.29, 1.82) is 0 Å². The molecule has 1 fully saturated rings. The number of fused-ring (bicyclic) bond motifs is 1. The highest BCUT2D eigenvalue weighted by atomic mass is 16.6. The van der Waals surface area contributed by atoms with Crippen LogP contribution in [0.1, 0.15) is 39.3 Å². The fourth-order valence-corrected chi connectivity index (χ4v) is 3.73. The Balaban J connectivity index is 1.79. The lowest BCUT2D eigenvalue weighted by molar-refractivity contribution is -0.383. The number of rotatable bonds is 3. The normalized spacial score (nSPS) is 15.4. The molecule has 0 spiro atoms. The van der Waals surface area contributed by atoms with E-state index in [9.17, 15) is 14.9 Å². The molecule has 0 atom stereocenters. The number of aryl methyl sites for hydroxylation is 1. The van der Waals surface area contributed by atoms with Crippen LogP contribution in [0.25, 0.3) is 10.9 Å². The van der Waals surface area contributed by atoms with E-state index in [0.29, 0.717) is 5.52 Å². The second kappa shape index (κ2) is 7.85.